The Balaban J connectivity index is 1.48. The number of fused-ring (bicyclic) bond motifs is 3. The fraction of sp³-hybridized carbons (Fsp3) is 0.250. The van der Waals surface area contributed by atoms with Crippen LogP contribution in [0.1, 0.15) is 22.9 Å². The molecule has 9 heteroatoms. The van der Waals surface area contributed by atoms with E-state index in [0.29, 0.717) is 35.2 Å². The van der Waals surface area contributed by atoms with E-state index in [1.54, 1.807) is 29.2 Å². The Labute approximate surface area is 219 Å². The van der Waals surface area contributed by atoms with Gasteiger partial charge in [0.05, 0.1) is 19.8 Å². The van der Waals surface area contributed by atoms with Gasteiger partial charge in [-0.15, -0.1) is 0 Å². The standard InChI is InChI=1S/C28H28ClN3O5/c29-19-3-10-25-24(13-19)23-11-12-32(28(35)37-22-8-4-20(30)5-9-22)27(26(23)31-25)18-1-6-21(7-2-18)36-16-17(14-33)15-34/h1-10,13,17,27,31,33-34H,11-12,14-16,30H2/t27-/m0/s1. The third kappa shape index (κ3) is 5.22. The van der Waals surface area contributed by atoms with Crippen molar-refractivity contribution in [2.45, 2.75) is 12.5 Å². The summed E-state index contributed by atoms with van der Waals surface area (Å²) in [5, 5.41) is 20.3. The second kappa shape index (κ2) is 10.7. The van der Waals surface area contributed by atoms with E-state index >= 15 is 0 Å². The minimum Gasteiger partial charge on any atom is -0.493 e. The highest BCUT2D eigenvalue weighted by Gasteiger charge is 2.35. The number of nitrogens with zero attached hydrogens (tertiary/aromatic N) is 1. The van der Waals surface area contributed by atoms with Crippen molar-refractivity contribution in [3.63, 3.8) is 0 Å². The van der Waals surface area contributed by atoms with Crippen LogP contribution in [0.4, 0.5) is 10.5 Å². The highest BCUT2D eigenvalue weighted by atomic mass is 35.5. The molecule has 1 aliphatic heterocycles. The number of anilines is 1. The van der Waals surface area contributed by atoms with Gasteiger partial charge in [-0.05, 0) is 72.1 Å². The molecule has 0 bridgehead atoms. The van der Waals surface area contributed by atoms with Gasteiger partial charge in [-0.3, -0.25) is 4.90 Å². The number of aliphatic hydroxyl groups excluding tert-OH is 2. The molecule has 1 aromatic heterocycles. The predicted molar refractivity (Wildman–Crippen MR) is 142 cm³/mol. The second-order valence-electron chi connectivity index (χ2n) is 9.10. The van der Waals surface area contributed by atoms with Crippen LogP contribution >= 0.6 is 11.6 Å². The summed E-state index contributed by atoms with van der Waals surface area (Å²) in [4.78, 5) is 18.6. The molecule has 37 heavy (non-hydrogen) atoms. The van der Waals surface area contributed by atoms with Crippen LogP contribution in [0.2, 0.25) is 5.02 Å². The Morgan fingerprint density at radius 2 is 1.76 bits per heavy atom. The lowest BCUT2D eigenvalue weighted by Gasteiger charge is -2.35. The number of aromatic amines is 1. The largest absolute Gasteiger partial charge is 0.493 e. The van der Waals surface area contributed by atoms with Crippen LogP contribution in [-0.2, 0) is 6.42 Å². The third-order valence-corrected chi connectivity index (χ3v) is 6.84. The molecule has 1 amide bonds. The van der Waals surface area contributed by atoms with Crippen molar-refractivity contribution in [1.82, 2.24) is 9.88 Å². The van der Waals surface area contributed by atoms with Crippen molar-refractivity contribution in [3.8, 4) is 11.5 Å². The normalized spacial score (nSPS) is 15.1. The number of nitrogen functional groups attached to an aromatic ring is 1. The first-order valence-corrected chi connectivity index (χ1v) is 12.4. The third-order valence-electron chi connectivity index (χ3n) is 6.61. The van der Waals surface area contributed by atoms with E-state index < -0.39 is 12.1 Å². The molecule has 0 fully saturated rings. The average molecular weight is 522 g/mol. The van der Waals surface area contributed by atoms with E-state index in [1.807, 2.05) is 42.5 Å². The van der Waals surface area contributed by atoms with E-state index in [2.05, 4.69) is 4.98 Å². The fourth-order valence-corrected chi connectivity index (χ4v) is 4.79. The number of aliphatic hydroxyl groups is 2. The lowest BCUT2D eigenvalue weighted by atomic mass is 9.92. The number of ether oxygens (including phenoxy) is 2. The van der Waals surface area contributed by atoms with Gasteiger partial charge in [0.15, 0.2) is 0 Å². The quantitative estimate of drug-likeness (QED) is 0.265. The van der Waals surface area contributed by atoms with Crippen LogP contribution in [0.25, 0.3) is 10.9 Å². The van der Waals surface area contributed by atoms with Crippen LogP contribution in [0.15, 0.2) is 66.7 Å². The molecule has 0 spiro atoms. The molecule has 192 valence electrons. The number of rotatable bonds is 7. The minimum absolute atomic E-state index is 0.158. The molecular weight excluding hydrogens is 494 g/mol. The Kier molecular flexibility index (Phi) is 7.23. The van der Waals surface area contributed by atoms with Crippen LogP contribution < -0.4 is 15.2 Å². The predicted octanol–water partition coefficient (Wildman–Crippen LogP) is 4.53. The SMILES string of the molecule is Nc1ccc(OC(=O)N2CCc3c([nH]c4ccc(Cl)cc34)[C@@H]2c2ccc(OCC(CO)CO)cc2)cc1. The molecule has 0 aliphatic carbocycles. The molecule has 2 heterocycles. The Hall–Kier alpha value is -3.72. The summed E-state index contributed by atoms with van der Waals surface area (Å²) in [5.41, 5.74) is 10.2. The summed E-state index contributed by atoms with van der Waals surface area (Å²) in [6.07, 6.45) is 0.180. The zero-order valence-corrected chi connectivity index (χ0v) is 20.8. The molecule has 5 rings (SSSR count). The molecule has 0 saturated heterocycles. The van der Waals surface area contributed by atoms with E-state index in [9.17, 15) is 15.0 Å². The summed E-state index contributed by atoms with van der Waals surface area (Å²) < 4.78 is 11.4. The summed E-state index contributed by atoms with van der Waals surface area (Å²) in [6.45, 7) is 0.338. The minimum atomic E-state index is -0.467. The number of H-pyrrole nitrogens is 1. The number of carbonyl (C=O) groups is 1. The molecule has 0 unspecified atom stereocenters. The first-order chi connectivity index (χ1) is 18.0. The molecule has 1 aliphatic rings. The van der Waals surface area contributed by atoms with Crippen LogP contribution in [0, 0.1) is 5.92 Å². The molecular formula is C28H28ClN3O5. The number of aromatic nitrogens is 1. The summed E-state index contributed by atoms with van der Waals surface area (Å²) >= 11 is 6.29. The molecule has 3 aromatic carbocycles. The molecule has 8 nitrogen and oxygen atoms in total. The lowest BCUT2D eigenvalue weighted by molar-refractivity contribution is 0.106. The van der Waals surface area contributed by atoms with Crippen molar-refractivity contribution in [2.24, 2.45) is 5.92 Å². The van der Waals surface area contributed by atoms with Crippen molar-refractivity contribution >= 4 is 34.3 Å². The Morgan fingerprint density at radius 3 is 2.46 bits per heavy atom. The number of nitrogens with one attached hydrogen (secondary N) is 1. The topological polar surface area (TPSA) is 121 Å². The van der Waals surface area contributed by atoms with Crippen molar-refractivity contribution in [1.29, 1.82) is 0 Å². The summed E-state index contributed by atoms with van der Waals surface area (Å²) in [5.74, 6) is 0.668. The highest BCUT2D eigenvalue weighted by Crippen LogP contribution is 2.40. The van der Waals surface area contributed by atoms with E-state index in [0.717, 1.165) is 27.7 Å². The first kappa shape index (κ1) is 25.0. The van der Waals surface area contributed by atoms with Gasteiger partial charge in [-0.1, -0.05) is 23.7 Å². The van der Waals surface area contributed by atoms with Crippen LogP contribution in [0.5, 0.6) is 11.5 Å². The van der Waals surface area contributed by atoms with E-state index in [-0.39, 0.29) is 25.7 Å². The molecule has 0 saturated carbocycles. The van der Waals surface area contributed by atoms with Gasteiger partial charge in [-0.2, -0.15) is 0 Å². The monoisotopic (exact) mass is 521 g/mol. The number of hydrogen-bond acceptors (Lipinski definition) is 6. The van der Waals surface area contributed by atoms with E-state index in [4.69, 9.17) is 26.8 Å². The molecule has 0 radical (unpaired) electrons. The fourth-order valence-electron chi connectivity index (χ4n) is 4.62. The number of hydrogen-bond donors (Lipinski definition) is 4. The molecule has 5 N–H and O–H groups in total. The second-order valence-corrected chi connectivity index (χ2v) is 9.54. The number of carbonyl (C=O) groups excluding carboxylic acids is 1. The van der Waals surface area contributed by atoms with Gasteiger partial charge >= 0.3 is 6.09 Å². The maximum absolute atomic E-state index is 13.4. The summed E-state index contributed by atoms with van der Waals surface area (Å²) in [6, 6.07) is 19.5. The Bertz CT molecular complexity index is 1380. The highest BCUT2D eigenvalue weighted by molar-refractivity contribution is 6.31. The van der Waals surface area contributed by atoms with Gasteiger partial charge < -0.3 is 30.4 Å². The van der Waals surface area contributed by atoms with Crippen molar-refractivity contribution in [3.05, 3.63) is 88.6 Å². The smallest absolute Gasteiger partial charge is 0.416 e. The van der Waals surface area contributed by atoms with Crippen molar-refractivity contribution in [2.75, 3.05) is 32.1 Å². The van der Waals surface area contributed by atoms with Gasteiger partial charge in [0.2, 0.25) is 0 Å². The maximum Gasteiger partial charge on any atom is 0.416 e. The number of halogens is 1. The lowest BCUT2D eigenvalue weighted by Crippen LogP contribution is -2.42. The average Bonchev–Trinajstić information content (AvgIpc) is 3.28. The zero-order valence-electron chi connectivity index (χ0n) is 20.1. The van der Waals surface area contributed by atoms with Crippen LogP contribution in [-0.4, -0.2) is 52.6 Å². The van der Waals surface area contributed by atoms with E-state index in [1.165, 1.54) is 0 Å². The Morgan fingerprint density at radius 1 is 1.05 bits per heavy atom. The number of benzene rings is 3. The van der Waals surface area contributed by atoms with Gasteiger partial charge in [0.1, 0.15) is 17.5 Å². The van der Waals surface area contributed by atoms with Crippen LogP contribution in [0.3, 0.4) is 0 Å². The van der Waals surface area contributed by atoms with Gasteiger partial charge in [-0.25, -0.2) is 4.79 Å². The summed E-state index contributed by atoms with van der Waals surface area (Å²) in [7, 11) is 0. The zero-order chi connectivity index (χ0) is 25.9. The molecule has 1 atom stereocenters. The van der Waals surface area contributed by atoms with Gasteiger partial charge in [0.25, 0.3) is 0 Å². The number of amides is 1. The maximum atomic E-state index is 13.4. The van der Waals surface area contributed by atoms with Gasteiger partial charge in [0, 0.05) is 39.8 Å². The molecule has 4 aromatic rings. The number of nitrogens with two attached hydrogens (primary N) is 1. The first-order valence-electron chi connectivity index (χ1n) is 12.0. The van der Waals surface area contributed by atoms with Crippen molar-refractivity contribution < 1.29 is 24.5 Å².